The summed E-state index contributed by atoms with van der Waals surface area (Å²) < 4.78 is 26.2. The molecule has 2 aromatic rings. The zero-order valence-corrected chi connectivity index (χ0v) is 16.6. The molecule has 0 atom stereocenters. The average molecular weight is 388 g/mol. The van der Waals surface area contributed by atoms with E-state index in [-0.39, 0.29) is 17.1 Å². The number of allylic oxidation sites excluding steroid dienone is 1. The van der Waals surface area contributed by atoms with Crippen molar-refractivity contribution >= 4 is 11.9 Å². The van der Waals surface area contributed by atoms with Crippen molar-refractivity contribution in [3.05, 3.63) is 47.0 Å². The van der Waals surface area contributed by atoms with Gasteiger partial charge in [-0.2, -0.15) is 0 Å². The van der Waals surface area contributed by atoms with Crippen molar-refractivity contribution in [2.24, 2.45) is 0 Å². The number of aromatic hydroxyl groups is 1. The summed E-state index contributed by atoms with van der Waals surface area (Å²) in [5.74, 6) is 1.09. The second kappa shape index (κ2) is 9.66. The predicted octanol–water partition coefficient (Wildman–Crippen LogP) is 3.47. The fourth-order valence-electron chi connectivity index (χ4n) is 2.77. The van der Waals surface area contributed by atoms with Crippen LogP contribution in [0.4, 0.5) is 0 Å². The molecule has 0 aliphatic carbocycles. The molecule has 0 aromatic heterocycles. The van der Waals surface area contributed by atoms with Crippen LogP contribution in [0.5, 0.6) is 28.7 Å². The summed E-state index contributed by atoms with van der Waals surface area (Å²) >= 11 is 0. The number of ketones is 1. The van der Waals surface area contributed by atoms with Gasteiger partial charge < -0.3 is 28.8 Å². The largest absolute Gasteiger partial charge is 0.507 e. The van der Waals surface area contributed by atoms with Gasteiger partial charge in [0, 0.05) is 7.11 Å². The van der Waals surface area contributed by atoms with Crippen LogP contribution in [0.25, 0.3) is 6.08 Å². The van der Waals surface area contributed by atoms with E-state index in [0.717, 1.165) is 0 Å². The van der Waals surface area contributed by atoms with E-state index in [9.17, 15) is 9.90 Å². The summed E-state index contributed by atoms with van der Waals surface area (Å²) in [4.78, 5) is 12.7. The molecule has 150 valence electrons. The maximum Gasteiger partial charge on any atom is 0.203 e. The van der Waals surface area contributed by atoms with E-state index in [1.165, 1.54) is 40.6 Å². The molecule has 0 saturated carbocycles. The van der Waals surface area contributed by atoms with Crippen molar-refractivity contribution < 1.29 is 33.6 Å². The third-order valence-corrected chi connectivity index (χ3v) is 4.03. The molecule has 0 spiro atoms. The van der Waals surface area contributed by atoms with Crippen LogP contribution in [-0.4, -0.2) is 46.4 Å². The van der Waals surface area contributed by atoms with Crippen LogP contribution in [0, 0.1) is 0 Å². The Labute approximate surface area is 164 Å². The number of hydrogen-bond acceptors (Lipinski definition) is 7. The van der Waals surface area contributed by atoms with E-state index >= 15 is 0 Å². The van der Waals surface area contributed by atoms with E-state index in [0.29, 0.717) is 35.0 Å². The summed E-state index contributed by atoms with van der Waals surface area (Å²) in [6, 6.07) is 6.56. The number of phenols is 1. The number of rotatable bonds is 9. The Morgan fingerprint density at radius 3 is 2.00 bits per heavy atom. The predicted molar refractivity (Wildman–Crippen MR) is 105 cm³/mol. The van der Waals surface area contributed by atoms with Gasteiger partial charge in [0.1, 0.15) is 17.1 Å². The number of benzene rings is 2. The van der Waals surface area contributed by atoms with Crippen molar-refractivity contribution in [3.63, 3.8) is 0 Å². The van der Waals surface area contributed by atoms with Crippen molar-refractivity contribution in [3.8, 4) is 28.7 Å². The first-order chi connectivity index (χ1) is 13.5. The molecule has 28 heavy (non-hydrogen) atoms. The minimum Gasteiger partial charge on any atom is -0.507 e. The Morgan fingerprint density at radius 2 is 1.50 bits per heavy atom. The van der Waals surface area contributed by atoms with Gasteiger partial charge in [-0.25, -0.2) is 0 Å². The van der Waals surface area contributed by atoms with E-state index < -0.39 is 5.78 Å². The maximum atomic E-state index is 12.7. The second-order valence-electron chi connectivity index (χ2n) is 5.78. The third kappa shape index (κ3) is 4.55. The van der Waals surface area contributed by atoms with Crippen LogP contribution in [0.3, 0.4) is 0 Å². The van der Waals surface area contributed by atoms with Gasteiger partial charge in [0.2, 0.25) is 5.75 Å². The summed E-state index contributed by atoms with van der Waals surface area (Å²) in [5.41, 5.74) is 1.44. The molecule has 0 radical (unpaired) electrons. The van der Waals surface area contributed by atoms with Gasteiger partial charge in [-0.05, 0) is 41.5 Å². The van der Waals surface area contributed by atoms with Crippen LogP contribution < -0.4 is 18.9 Å². The molecule has 2 aromatic carbocycles. The molecule has 0 fully saturated rings. The molecule has 0 aliphatic heterocycles. The van der Waals surface area contributed by atoms with Crippen molar-refractivity contribution in [2.75, 3.05) is 35.5 Å². The lowest BCUT2D eigenvalue weighted by Crippen LogP contribution is -2.02. The smallest absolute Gasteiger partial charge is 0.203 e. The Kier molecular flexibility index (Phi) is 7.28. The number of phenolic OH excluding ortho intramolecular Hbond substituents is 1. The molecule has 1 N–H and O–H groups in total. The number of carbonyl (C=O) groups is 1. The fourth-order valence-corrected chi connectivity index (χ4v) is 2.77. The lowest BCUT2D eigenvalue weighted by molar-refractivity contribution is 0.104. The molecule has 0 bridgehead atoms. The minimum absolute atomic E-state index is 0.0750. The first kappa shape index (κ1) is 21.1. The number of ether oxygens (including phenoxy) is 5. The normalized spacial score (nSPS) is 10.8. The van der Waals surface area contributed by atoms with Crippen molar-refractivity contribution in [1.82, 2.24) is 0 Å². The van der Waals surface area contributed by atoms with E-state index in [4.69, 9.17) is 23.7 Å². The van der Waals surface area contributed by atoms with Gasteiger partial charge in [0.05, 0.1) is 35.0 Å². The first-order valence-corrected chi connectivity index (χ1v) is 8.40. The highest BCUT2D eigenvalue weighted by molar-refractivity contribution is 6.10. The molecule has 7 heteroatoms. The van der Waals surface area contributed by atoms with Crippen LogP contribution >= 0.6 is 0 Å². The van der Waals surface area contributed by atoms with E-state index in [1.54, 1.807) is 31.4 Å². The molecule has 0 saturated heterocycles. The third-order valence-electron chi connectivity index (χ3n) is 4.03. The number of hydrogen-bond donors (Lipinski definition) is 1. The summed E-state index contributed by atoms with van der Waals surface area (Å²) in [7, 11) is 7.52. The lowest BCUT2D eigenvalue weighted by Gasteiger charge is -2.13. The quantitative estimate of drug-likeness (QED) is 0.520. The number of carbonyl (C=O) groups excluding carboxylic acids is 1. The lowest BCUT2D eigenvalue weighted by atomic mass is 10.0. The molecule has 0 unspecified atom stereocenters. The van der Waals surface area contributed by atoms with Gasteiger partial charge >= 0.3 is 0 Å². The van der Waals surface area contributed by atoms with Gasteiger partial charge in [-0.3, -0.25) is 4.79 Å². The molecule has 7 nitrogen and oxygen atoms in total. The maximum absolute atomic E-state index is 12.7. The zero-order valence-electron chi connectivity index (χ0n) is 16.6. The van der Waals surface area contributed by atoms with E-state index in [2.05, 4.69) is 0 Å². The zero-order chi connectivity index (χ0) is 20.7. The summed E-state index contributed by atoms with van der Waals surface area (Å²) in [6.45, 7) is 0.291. The molecule has 0 aliphatic rings. The molecule has 0 amide bonds. The Bertz CT molecular complexity index is 846. The van der Waals surface area contributed by atoms with E-state index in [1.807, 2.05) is 0 Å². The SMILES string of the molecule is COCc1cc(O)c(C(=O)/C=C/c2cc(OC)c(OC)c(OC)c2)c(OC)c1. The molecular weight excluding hydrogens is 364 g/mol. The van der Waals surface area contributed by atoms with Gasteiger partial charge in [0.25, 0.3) is 0 Å². The Hall–Kier alpha value is -3.19. The van der Waals surface area contributed by atoms with Crippen LogP contribution in [0.1, 0.15) is 21.5 Å². The summed E-state index contributed by atoms with van der Waals surface area (Å²) in [6.07, 6.45) is 2.93. The Morgan fingerprint density at radius 1 is 0.893 bits per heavy atom. The minimum atomic E-state index is -0.410. The Balaban J connectivity index is 2.38. The number of methoxy groups -OCH3 is 5. The van der Waals surface area contributed by atoms with Crippen LogP contribution in [-0.2, 0) is 11.3 Å². The highest BCUT2D eigenvalue weighted by Crippen LogP contribution is 2.38. The topological polar surface area (TPSA) is 83.5 Å². The standard InChI is InChI=1S/C21H24O7/c1-24-12-14-8-16(23)20(17(11-14)25-2)15(22)7-6-13-9-18(26-3)21(28-5)19(10-13)27-4/h6-11,23H,12H2,1-5H3/b7-6+. The van der Waals surface area contributed by atoms with Crippen molar-refractivity contribution in [2.45, 2.75) is 6.61 Å². The monoisotopic (exact) mass is 388 g/mol. The van der Waals surface area contributed by atoms with Gasteiger partial charge in [-0.15, -0.1) is 0 Å². The molecular formula is C21H24O7. The molecule has 0 heterocycles. The first-order valence-electron chi connectivity index (χ1n) is 8.40. The highest BCUT2D eigenvalue weighted by Gasteiger charge is 2.17. The summed E-state index contributed by atoms with van der Waals surface area (Å²) in [5, 5.41) is 10.3. The van der Waals surface area contributed by atoms with Crippen LogP contribution in [0.2, 0.25) is 0 Å². The van der Waals surface area contributed by atoms with Crippen LogP contribution in [0.15, 0.2) is 30.3 Å². The second-order valence-corrected chi connectivity index (χ2v) is 5.78. The fraction of sp³-hybridized carbons (Fsp3) is 0.286. The van der Waals surface area contributed by atoms with Gasteiger partial charge in [-0.1, -0.05) is 6.08 Å². The van der Waals surface area contributed by atoms with Gasteiger partial charge in [0.15, 0.2) is 17.3 Å². The average Bonchev–Trinajstić information content (AvgIpc) is 2.70. The molecule has 2 rings (SSSR count). The highest BCUT2D eigenvalue weighted by atomic mass is 16.5. The van der Waals surface area contributed by atoms with Crippen molar-refractivity contribution in [1.29, 1.82) is 0 Å².